The van der Waals surface area contributed by atoms with E-state index in [1.54, 1.807) is 0 Å². The SMILES string of the molecule is CCC(C)CC(O)c1cc(Cl)ccc1C. The van der Waals surface area contributed by atoms with Crippen LogP contribution in [-0.2, 0) is 0 Å². The zero-order chi connectivity index (χ0) is 11.4. The van der Waals surface area contributed by atoms with Crippen molar-refractivity contribution < 1.29 is 5.11 Å². The van der Waals surface area contributed by atoms with Crippen LogP contribution in [0.1, 0.15) is 43.9 Å². The molecule has 1 N–H and O–H groups in total. The Morgan fingerprint density at radius 3 is 2.67 bits per heavy atom. The Morgan fingerprint density at radius 2 is 2.07 bits per heavy atom. The smallest absolute Gasteiger partial charge is 0.0795 e. The van der Waals surface area contributed by atoms with Crippen LogP contribution >= 0.6 is 11.6 Å². The average Bonchev–Trinajstić information content (AvgIpc) is 2.21. The van der Waals surface area contributed by atoms with Crippen LogP contribution < -0.4 is 0 Å². The van der Waals surface area contributed by atoms with Crippen molar-refractivity contribution in [2.45, 2.75) is 39.7 Å². The number of halogens is 1. The van der Waals surface area contributed by atoms with Crippen molar-refractivity contribution in [1.29, 1.82) is 0 Å². The minimum absolute atomic E-state index is 0.390. The first kappa shape index (κ1) is 12.5. The fraction of sp³-hybridized carbons (Fsp3) is 0.538. The summed E-state index contributed by atoms with van der Waals surface area (Å²) < 4.78 is 0. The highest BCUT2D eigenvalue weighted by molar-refractivity contribution is 6.30. The van der Waals surface area contributed by atoms with Gasteiger partial charge in [0, 0.05) is 5.02 Å². The molecule has 0 aliphatic carbocycles. The van der Waals surface area contributed by atoms with E-state index in [1.165, 1.54) is 0 Å². The second-order valence-corrected chi connectivity index (χ2v) is 4.70. The molecule has 0 saturated carbocycles. The Labute approximate surface area is 97.1 Å². The lowest BCUT2D eigenvalue weighted by atomic mass is 9.94. The van der Waals surface area contributed by atoms with E-state index in [4.69, 9.17) is 11.6 Å². The first-order valence-corrected chi connectivity index (χ1v) is 5.86. The van der Waals surface area contributed by atoms with E-state index in [1.807, 2.05) is 25.1 Å². The molecule has 84 valence electrons. The van der Waals surface area contributed by atoms with Gasteiger partial charge in [-0.3, -0.25) is 0 Å². The fourth-order valence-corrected chi connectivity index (χ4v) is 1.83. The van der Waals surface area contributed by atoms with Gasteiger partial charge in [-0.15, -0.1) is 0 Å². The normalized spacial score (nSPS) is 15.0. The highest BCUT2D eigenvalue weighted by Gasteiger charge is 2.13. The summed E-state index contributed by atoms with van der Waals surface area (Å²) in [5, 5.41) is 10.8. The van der Waals surface area contributed by atoms with E-state index in [0.717, 1.165) is 24.0 Å². The van der Waals surface area contributed by atoms with Gasteiger partial charge in [0.15, 0.2) is 0 Å². The molecule has 0 aliphatic rings. The predicted octanol–water partition coefficient (Wildman–Crippen LogP) is 4.12. The summed E-state index contributed by atoms with van der Waals surface area (Å²) in [7, 11) is 0. The van der Waals surface area contributed by atoms with E-state index in [-0.39, 0.29) is 0 Å². The van der Waals surface area contributed by atoms with E-state index in [2.05, 4.69) is 13.8 Å². The van der Waals surface area contributed by atoms with Gasteiger partial charge in [0.1, 0.15) is 0 Å². The van der Waals surface area contributed by atoms with Crippen molar-refractivity contribution in [2.75, 3.05) is 0 Å². The average molecular weight is 227 g/mol. The number of hydrogen-bond donors (Lipinski definition) is 1. The Bertz CT molecular complexity index is 322. The molecule has 0 radical (unpaired) electrons. The van der Waals surface area contributed by atoms with Gasteiger partial charge in [-0.25, -0.2) is 0 Å². The van der Waals surface area contributed by atoms with Crippen molar-refractivity contribution in [2.24, 2.45) is 5.92 Å². The van der Waals surface area contributed by atoms with Crippen LogP contribution in [0, 0.1) is 12.8 Å². The van der Waals surface area contributed by atoms with Gasteiger partial charge in [0.2, 0.25) is 0 Å². The van der Waals surface area contributed by atoms with Crippen molar-refractivity contribution in [3.63, 3.8) is 0 Å². The molecule has 2 atom stereocenters. The Balaban J connectivity index is 2.80. The molecule has 15 heavy (non-hydrogen) atoms. The molecule has 1 aromatic carbocycles. The van der Waals surface area contributed by atoms with E-state index in [0.29, 0.717) is 10.9 Å². The number of benzene rings is 1. The molecule has 0 heterocycles. The molecule has 0 aliphatic heterocycles. The van der Waals surface area contributed by atoms with Gasteiger partial charge in [-0.2, -0.15) is 0 Å². The molecule has 1 nitrogen and oxygen atoms in total. The molecule has 0 amide bonds. The molecule has 0 bridgehead atoms. The third-order valence-electron chi connectivity index (χ3n) is 2.92. The quantitative estimate of drug-likeness (QED) is 0.819. The van der Waals surface area contributed by atoms with Crippen LogP contribution in [0.4, 0.5) is 0 Å². The highest BCUT2D eigenvalue weighted by atomic mass is 35.5. The Kier molecular flexibility index (Phi) is 4.62. The molecule has 0 fully saturated rings. The Morgan fingerprint density at radius 1 is 1.40 bits per heavy atom. The lowest BCUT2D eigenvalue weighted by Crippen LogP contribution is -2.05. The third kappa shape index (κ3) is 3.51. The maximum atomic E-state index is 10.1. The molecule has 0 aromatic heterocycles. The van der Waals surface area contributed by atoms with E-state index < -0.39 is 6.10 Å². The van der Waals surface area contributed by atoms with Crippen LogP contribution in [0.2, 0.25) is 5.02 Å². The minimum atomic E-state index is -0.390. The van der Waals surface area contributed by atoms with Crippen LogP contribution in [0.5, 0.6) is 0 Å². The van der Waals surface area contributed by atoms with Crippen LogP contribution in [-0.4, -0.2) is 5.11 Å². The van der Waals surface area contributed by atoms with Crippen molar-refractivity contribution in [1.82, 2.24) is 0 Å². The molecular formula is C13H19ClO. The molecular weight excluding hydrogens is 208 g/mol. The molecule has 2 unspecified atom stereocenters. The molecule has 1 rings (SSSR count). The largest absolute Gasteiger partial charge is 0.388 e. The van der Waals surface area contributed by atoms with Crippen LogP contribution in [0.15, 0.2) is 18.2 Å². The zero-order valence-corrected chi connectivity index (χ0v) is 10.4. The van der Waals surface area contributed by atoms with Crippen LogP contribution in [0.3, 0.4) is 0 Å². The van der Waals surface area contributed by atoms with Gasteiger partial charge >= 0.3 is 0 Å². The van der Waals surface area contributed by atoms with Crippen molar-refractivity contribution >= 4 is 11.6 Å². The summed E-state index contributed by atoms with van der Waals surface area (Å²) in [5.74, 6) is 0.540. The van der Waals surface area contributed by atoms with Crippen LogP contribution in [0.25, 0.3) is 0 Å². The lowest BCUT2D eigenvalue weighted by molar-refractivity contribution is 0.146. The maximum Gasteiger partial charge on any atom is 0.0795 e. The minimum Gasteiger partial charge on any atom is -0.388 e. The molecule has 2 heteroatoms. The van der Waals surface area contributed by atoms with E-state index >= 15 is 0 Å². The molecule has 0 spiro atoms. The van der Waals surface area contributed by atoms with Gasteiger partial charge < -0.3 is 5.11 Å². The number of aliphatic hydroxyl groups is 1. The summed E-state index contributed by atoms with van der Waals surface area (Å²) in [6, 6.07) is 5.68. The number of rotatable bonds is 4. The third-order valence-corrected chi connectivity index (χ3v) is 3.16. The second kappa shape index (κ2) is 5.53. The number of aryl methyl sites for hydroxylation is 1. The number of aliphatic hydroxyl groups excluding tert-OH is 1. The summed E-state index contributed by atoms with van der Waals surface area (Å²) in [6.45, 7) is 6.30. The second-order valence-electron chi connectivity index (χ2n) is 4.27. The highest BCUT2D eigenvalue weighted by Crippen LogP contribution is 2.27. The van der Waals surface area contributed by atoms with Gasteiger partial charge in [-0.05, 0) is 42.5 Å². The van der Waals surface area contributed by atoms with Crippen molar-refractivity contribution in [3.8, 4) is 0 Å². The van der Waals surface area contributed by atoms with Gasteiger partial charge in [0.05, 0.1) is 6.10 Å². The summed E-state index contributed by atoms with van der Waals surface area (Å²) in [6.07, 6.45) is 1.51. The fourth-order valence-electron chi connectivity index (χ4n) is 1.65. The standard InChI is InChI=1S/C13H19ClO/c1-4-9(2)7-13(15)12-8-11(14)6-5-10(12)3/h5-6,8-9,13,15H,4,7H2,1-3H3. The predicted molar refractivity (Wildman–Crippen MR) is 65.2 cm³/mol. The topological polar surface area (TPSA) is 20.2 Å². The molecule has 1 aromatic rings. The maximum absolute atomic E-state index is 10.1. The summed E-state index contributed by atoms with van der Waals surface area (Å²) in [5.41, 5.74) is 2.07. The molecule has 0 saturated heterocycles. The number of hydrogen-bond acceptors (Lipinski definition) is 1. The van der Waals surface area contributed by atoms with Gasteiger partial charge in [0.25, 0.3) is 0 Å². The monoisotopic (exact) mass is 226 g/mol. The van der Waals surface area contributed by atoms with Crippen molar-refractivity contribution in [3.05, 3.63) is 34.3 Å². The van der Waals surface area contributed by atoms with E-state index in [9.17, 15) is 5.11 Å². The summed E-state index contributed by atoms with van der Waals surface area (Å²) >= 11 is 5.92. The zero-order valence-electron chi connectivity index (χ0n) is 9.63. The van der Waals surface area contributed by atoms with Gasteiger partial charge in [-0.1, -0.05) is 37.9 Å². The Hall–Kier alpha value is -0.530. The lowest BCUT2D eigenvalue weighted by Gasteiger charge is -2.17. The first-order valence-electron chi connectivity index (χ1n) is 5.48. The first-order chi connectivity index (χ1) is 7.04. The summed E-state index contributed by atoms with van der Waals surface area (Å²) in [4.78, 5) is 0.